The van der Waals surface area contributed by atoms with E-state index in [9.17, 15) is 13.2 Å². The summed E-state index contributed by atoms with van der Waals surface area (Å²) < 4.78 is 26.9. The summed E-state index contributed by atoms with van der Waals surface area (Å²) in [7, 11) is -3.49. The van der Waals surface area contributed by atoms with Crippen molar-refractivity contribution in [3.05, 3.63) is 51.7 Å². The Morgan fingerprint density at radius 1 is 1.11 bits per heavy atom. The first-order chi connectivity index (χ1) is 12.9. The smallest absolute Gasteiger partial charge is 0.264 e. The Balaban J connectivity index is 1.43. The molecular weight excluding hydrogens is 380 g/mol. The molecule has 1 amide bonds. The van der Waals surface area contributed by atoms with Crippen molar-refractivity contribution in [1.29, 1.82) is 0 Å². The lowest BCUT2D eigenvalue weighted by atomic mass is 9.90. The van der Waals surface area contributed by atoms with Gasteiger partial charge in [-0.05, 0) is 48.9 Å². The fraction of sp³-hybridized carbons (Fsp3) is 0.450. The van der Waals surface area contributed by atoms with Crippen molar-refractivity contribution in [2.75, 3.05) is 26.2 Å². The maximum atomic E-state index is 12.9. The minimum Gasteiger partial charge on any atom is -0.335 e. The highest BCUT2D eigenvalue weighted by Crippen LogP contribution is 2.33. The van der Waals surface area contributed by atoms with Crippen molar-refractivity contribution < 1.29 is 13.2 Å². The number of aryl methyl sites for hydroxylation is 1. The van der Waals surface area contributed by atoms with Crippen molar-refractivity contribution in [2.24, 2.45) is 5.92 Å². The molecule has 5 nitrogen and oxygen atoms in total. The van der Waals surface area contributed by atoms with Gasteiger partial charge in [-0.1, -0.05) is 25.1 Å². The van der Waals surface area contributed by atoms with E-state index in [0.29, 0.717) is 37.0 Å². The van der Waals surface area contributed by atoms with E-state index in [4.69, 9.17) is 0 Å². The lowest BCUT2D eigenvalue weighted by Gasteiger charge is -2.33. The summed E-state index contributed by atoms with van der Waals surface area (Å²) >= 11 is 1.62. The van der Waals surface area contributed by atoms with Gasteiger partial charge in [-0.3, -0.25) is 4.79 Å². The molecule has 4 rings (SSSR count). The predicted octanol–water partition coefficient (Wildman–Crippen LogP) is 3.02. The van der Waals surface area contributed by atoms with Crippen LogP contribution in [0.1, 0.15) is 33.5 Å². The first kappa shape index (κ1) is 18.7. The number of carbonyl (C=O) groups is 1. The fourth-order valence-corrected chi connectivity index (χ4v) is 6.46. The number of fused-ring (bicyclic) bond motifs is 1. The Kier molecular flexibility index (Phi) is 5.09. The molecule has 2 aliphatic rings. The van der Waals surface area contributed by atoms with Crippen LogP contribution in [-0.4, -0.2) is 49.7 Å². The van der Waals surface area contributed by atoms with Gasteiger partial charge in [0.1, 0.15) is 0 Å². The lowest BCUT2D eigenvalue weighted by molar-refractivity contribution is 0.0702. The third-order valence-corrected chi connectivity index (χ3v) is 8.58. The van der Waals surface area contributed by atoms with Gasteiger partial charge in [0, 0.05) is 31.1 Å². The summed E-state index contributed by atoms with van der Waals surface area (Å²) in [5.41, 5.74) is 1.33. The highest BCUT2D eigenvalue weighted by Gasteiger charge is 2.31. The van der Waals surface area contributed by atoms with Crippen LogP contribution in [0.2, 0.25) is 0 Å². The van der Waals surface area contributed by atoms with Crippen molar-refractivity contribution in [3.63, 3.8) is 0 Å². The molecule has 0 spiro atoms. The molecule has 0 radical (unpaired) electrons. The SMILES string of the molecule is CC1CCc2sc(C(=O)N3CCN(S(=O)(=O)c4ccccc4)CC3)cc2C1. The molecule has 1 aliphatic carbocycles. The molecule has 0 bridgehead atoms. The minimum atomic E-state index is -3.49. The lowest BCUT2D eigenvalue weighted by Crippen LogP contribution is -2.50. The number of nitrogens with zero attached hydrogens (tertiary/aromatic N) is 2. The molecular formula is C20H24N2O3S2. The molecule has 1 aliphatic heterocycles. The van der Waals surface area contributed by atoms with Crippen molar-refractivity contribution >= 4 is 27.3 Å². The Morgan fingerprint density at radius 3 is 2.52 bits per heavy atom. The standard InChI is InChI=1S/C20H24N2O3S2/c1-15-7-8-18-16(13-15)14-19(26-18)20(23)21-9-11-22(12-10-21)27(24,25)17-5-3-2-4-6-17/h2-6,14-15H,7-13H2,1H3. The zero-order valence-corrected chi connectivity index (χ0v) is 17.1. The van der Waals surface area contributed by atoms with E-state index in [0.717, 1.165) is 17.7 Å². The molecule has 0 saturated carbocycles. The molecule has 1 saturated heterocycles. The highest BCUT2D eigenvalue weighted by molar-refractivity contribution is 7.89. The second kappa shape index (κ2) is 7.37. The van der Waals surface area contributed by atoms with E-state index in [1.807, 2.05) is 0 Å². The van der Waals surface area contributed by atoms with Gasteiger partial charge in [0.15, 0.2) is 0 Å². The Morgan fingerprint density at radius 2 is 1.81 bits per heavy atom. The van der Waals surface area contributed by atoms with Gasteiger partial charge < -0.3 is 4.90 Å². The second-order valence-electron chi connectivity index (χ2n) is 7.42. The summed E-state index contributed by atoms with van der Waals surface area (Å²) in [6.07, 6.45) is 3.32. The van der Waals surface area contributed by atoms with Gasteiger partial charge in [0.25, 0.3) is 5.91 Å². The summed E-state index contributed by atoms with van der Waals surface area (Å²) in [6.45, 7) is 3.80. The van der Waals surface area contributed by atoms with Crippen LogP contribution >= 0.6 is 11.3 Å². The number of sulfonamides is 1. The molecule has 27 heavy (non-hydrogen) atoms. The summed E-state index contributed by atoms with van der Waals surface area (Å²) in [4.78, 5) is 17.1. The van der Waals surface area contributed by atoms with Crippen LogP contribution in [0, 0.1) is 5.92 Å². The van der Waals surface area contributed by atoms with Gasteiger partial charge in [0.05, 0.1) is 9.77 Å². The predicted molar refractivity (Wildman–Crippen MR) is 107 cm³/mol. The van der Waals surface area contributed by atoms with Crippen molar-refractivity contribution in [1.82, 2.24) is 9.21 Å². The van der Waals surface area contributed by atoms with Crippen LogP contribution in [0.15, 0.2) is 41.3 Å². The average molecular weight is 405 g/mol. The van der Waals surface area contributed by atoms with Gasteiger partial charge in [-0.2, -0.15) is 4.31 Å². The van der Waals surface area contributed by atoms with Crippen molar-refractivity contribution in [2.45, 2.75) is 31.1 Å². The number of rotatable bonds is 3. The zero-order chi connectivity index (χ0) is 19.0. The number of benzene rings is 1. The van der Waals surface area contributed by atoms with Gasteiger partial charge in [-0.15, -0.1) is 11.3 Å². The van der Waals surface area contributed by atoms with Gasteiger partial charge >= 0.3 is 0 Å². The largest absolute Gasteiger partial charge is 0.335 e. The quantitative estimate of drug-likeness (QED) is 0.790. The molecule has 2 heterocycles. The maximum absolute atomic E-state index is 12.9. The van der Waals surface area contributed by atoms with E-state index in [-0.39, 0.29) is 5.91 Å². The maximum Gasteiger partial charge on any atom is 0.264 e. The molecule has 1 aromatic carbocycles. The number of carbonyl (C=O) groups excluding carboxylic acids is 1. The summed E-state index contributed by atoms with van der Waals surface area (Å²) in [5, 5.41) is 0. The van der Waals surface area contributed by atoms with E-state index < -0.39 is 10.0 Å². The molecule has 0 N–H and O–H groups in total. The molecule has 1 aromatic heterocycles. The fourth-order valence-electron chi connectivity index (χ4n) is 3.84. The molecule has 7 heteroatoms. The monoisotopic (exact) mass is 404 g/mol. The van der Waals surface area contributed by atoms with E-state index >= 15 is 0 Å². The van der Waals surface area contributed by atoms with Gasteiger partial charge in [0.2, 0.25) is 10.0 Å². The Labute approximate surface area is 164 Å². The first-order valence-electron chi connectivity index (χ1n) is 9.41. The number of piperazine rings is 1. The Bertz CT molecular complexity index is 929. The summed E-state index contributed by atoms with van der Waals surface area (Å²) in [5.74, 6) is 0.723. The molecule has 2 aromatic rings. The molecule has 1 atom stereocenters. The number of amides is 1. The third kappa shape index (κ3) is 3.68. The second-order valence-corrected chi connectivity index (χ2v) is 10.5. The van der Waals surface area contributed by atoms with Crippen LogP contribution in [0.4, 0.5) is 0 Å². The number of hydrogen-bond donors (Lipinski definition) is 0. The molecule has 1 fully saturated rings. The number of thiophene rings is 1. The molecule has 1 unspecified atom stereocenters. The van der Waals surface area contributed by atoms with Crippen LogP contribution < -0.4 is 0 Å². The van der Waals surface area contributed by atoms with E-state index in [1.165, 1.54) is 21.2 Å². The minimum absolute atomic E-state index is 0.0406. The van der Waals surface area contributed by atoms with Crippen LogP contribution in [0.25, 0.3) is 0 Å². The van der Waals surface area contributed by atoms with Crippen LogP contribution in [0.3, 0.4) is 0 Å². The zero-order valence-electron chi connectivity index (χ0n) is 15.4. The molecule has 144 valence electrons. The van der Waals surface area contributed by atoms with Gasteiger partial charge in [-0.25, -0.2) is 8.42 Å². The summed E-state index contributed by atoms with van der Waals surface area (Å²) in [6, 6.07) is 10.5. The topological polar surface area (TPSA) is 57.7 Å². The van der Waals surface area contributed by atoms with E-state index in [1.54, 1.807) is 46.6 Å². The first-order valence-corrected chi connectivity index (χ1v) is 11.7. The highest BCUT2D eigenvalue weighted by atomic mass is 32.2. The third-order valence-electron chi connectivity index (χ3n) is 5.45. The van der Waals surface area contributed by atoms with Crippen LogP contribution in [0.5, 0.6) is 0 Å². The Hall–Kier alpha value is -1.70. The van der Waals surface area contributed by atoms with E-state index in [2.05, 4.69) is 13.0 Å². The average Bonchev–Trinajstić information content (AvgIpc) is 3.11. The normalized spacial score (nSPS) is 21.1. The number of hydrogen-bond acceptors (Lipinski definition) is 4. The van der Waals surface area contributed by atoms with Crippen molar-refractivity contribution in [3.8, 4) is 0 Å². The van der Waals surface area contributed by atoms with Crippen LogP contribution in [-0.2, 0) is 22.9 Å².